The number of carbonyl (C=O) groups is 2. The molecule has 4 aromatic heterocycles. The quantitative estimate of drug-likeness (QED) is 0.0769. The molecule has 13 nitrogen and oxygen atoms in total. The standard InChI is InChI=1S/C28H32F2N6O2.C12H18N2O3/c1-3-20-26(7-11-32-17-37)36(18-8-12-38-13-9-18)34-28(20)35(2)19-4-5-21(22(14-19)27(29)30)23-16-33-25-6-10-31-15-24(23)25;1-8(2)11(12(15)16)9-7-10(13-17-9)14-5-3-4-6-14/h4-6,10,14-18,27,33H,3,7-9,11-13H2,1-2H3,(H,32,37);7-8,11H,3-6H2,1-2H3,(H,15,16). The molecule has 1 atom stereocenters. The molecule has 294 valence electrons. The first kappa shape index (κ1) is 39.4. The van der Waals surface area contributed by atoms with Crippen LogP contribution in [0, 0.1) is 5.92 Å². The normalized spacial score (nSPS) is 15.4. The van der Waals surface area contributed by atoms with E-state index in [1.54, 1.807) is 36.8 Å². The number of hydrogen-bond acceptors (Lipinski definition) is 9. The number of rotatable bonds is 14. The summed E-state index contributed by atoms with van der Waals surface area (Å²) in [5.41, 5.74) is 4.72. The molecule has 2 saturated heterocycles. The van der Waals surface area contributed by atoms with Gasteiger partial charge in [0.25, 0.3) is 6.43 Å². The zero-order valence-corrected chi connectivity index (χ0v) is 31.8. The molecule has 0 aliphatic carbocycles. The lowest BCUT2D eigenvalue weighted by Crippen LogP contribution is -2.24. The molecule has 1 unspecified atom stereocenters. The predicted molar refractivity (Wildman–Crippen MR) is 206 cm³/mol. The number of alkyl halides is 2. The molecule has 6 heterocycles. The number of carboxylic acids is 1. The molecule has 2 aliphatic heterocycles. The average molecular weight is 761 g/mol. The van der Waals surface area contributed by atoms with Gasteiger partial charge < -0.3 is 34.5 Å². The van der Waals surface area contributed by atoms with Crippen LogP contribution < -0.4 is 15.1 Å². The molecular weight excluding hydrogens is 710 g/mol. The third kappa shape index (κ3) is 8.66. The Balaban J connectivity index is 0.000000252. The number of amides is 1. The van der Waals surface area contributed by atoms with Crippen molar-refractivity contribution in [2.24, 2.45) is 5.92 Å². The van der Waals surface area contributed by atoms with E-state index in [-0.39, 0.29) is 17.5 Å². The van der Waals surface area contributed by atoms with Crippen LogP contribution in [0.15, 0.2) is 53.4 Å². The van der Waals surface area contributed by atoms with E-state index in [1.165, 1.54) is 0 Å². The SMILES string of the molecule is CC(C)C(C(=O)O)c1cc(N2CCCC2)no1.CCc1c(N(C)c2ccc(-c3c[nH]c4ccncc34)c(C(F)F)c2)nn(C2CCOCC2)c1CCNC=O. The number of hydrogen-bond donors (Lipinski definition) is 3. The van der Waals surface area contributed by atoms with Crippen molar-refractivity contribution in [1.29, 1.82) is 0 Å². The van der Waals surface area contributed by atoms with E-state index in [2.05, 4.69) is 36.9 Å². The Bertz CT molecular complexity index is 2050. The highest BCUT2D eigenvalue weighted by atomic mass is 19.3. The molecule has 2 fully saturated rings. The zero-order chi connectivity index (χ0) is 39.1. The molecule has 0 saturated carbocycles. The minimum absolute atomic E-state index is 0.00752. The van der Waals surface area contributed by atoms with E-state index in [1.807, 2.05) is 37.9 Å². The zero-order valence-electron chi connectivity index (χ0n) is 31.8. The van der Waals surface area contributed by atoms with Crippen molar-refractivity contribution in [3.63, 3.8) is 0 Å². The van der Waals surface area contributed by atoms with Crippen LogP contribution in [-0.4, -0.2) is 82.3 Å². The summed E-state index contributed by atoms with van der Waals surface area (Å²) in [6.07, 6.45) is 8.54. The number of aromatic nitrogens is 5. The fraction of sp³-hybridized carbons (Fsp3) is 0.475. The van der Waals surface area contributed by atoms with Gasteiger partial charge in [0.2, 0.25) is 6.41 Å². The average Bonchev–Trinajstić information content (AvgIpc) is 4.02. The van der Waals surface area contributed by atoms with Crippen LogP contribution in [0.2, 0.25) is 0 Å². The smallest absolute Gasteiger partial charge is 0.314 e. The number of carbonyl (C=O) groups excluding carboxylic acids is 1. The van der Waals surface area contributed by atoms with Gasteiger partial charge in [-0.2, -0.15) is 5.10 Å². The Morgan fingerprint density at radius 2 is 1.91 bits per heavy atom. The van der Waals surface area contributed by atoms with E-state index in [9.17, 15) is 23.5 Å². The number of nitrogens with one attached hydrogen (secondary N) is 2. The van der Waals surface area contributed by atoms with E-state index in [0.29, 0.717) is 55.2 Å². The minimum atomic E-state index is -2.66. The Hall–Kier alpha value is -5.31. The highest BCUT2D eigenvalue weighted by Crippen LogP contribution is 2.40. The predicted octanol–water partition coefficient (Wildman–Crippen LogP) is 7.43. The van der Waals surface area contributed by atoms with E-state index < -0.39 is 18.3 Å². The van der Waals surface area contributed by atoms with Gasteiger partial charge in [-0.3, -0.25) is 19.3 Å². The van der Waals surface area contributed by atoms with Crippen molar-refractivity contribution in [2.75, 3.05) is 49.7 Å². The number of aliphatic carboxylic acids is 1. The van der Waals surface area contributed by atoms with Gasteiger partial charge in [0, 0.05) is 110 Å². The second kappa shape index (κ2) is 17.9. The van der Waals surface area contributed by atoms with Crippen LogP contribution in [0.3, 0.4) is 0 Å². The Morgan fingerprint density at radius 1 is 1.15 bits per heavy atom. The fourth-order valence-corrected chi connectivity index (χ4v) is 7.62. The molecule has 0 bridgehead atoms. The van der Waals surface area contributed by atoms with Crippen LogP contribution in [0.4, 0.5) is 26.1 Å². The van der Waals surface area contributed by atoms with Crippen LogP contribution in [0.1, 0.15) is 87.4 Å². The number of carboxylic acid groups (broad SMARTS) is 1. The number of nitrogens with zero attached hydrogens (tertiary/aromatic N) is 6. The number of benzene rings is 1. The third-order valence-electron chi connectivity index (χ3n) is 10.5. The molecule has 2 aliphatic rings. The lowest BCUT2D eigenvalue weighted by Gasteiger charge is -2.24. The molecule has 55 heavy (non-hydrogen) atoms. The summed E-state index contributed by atoms with van der Waals surface area (Å²) >= 11 is 0. The number of anilines is 3. The first-order valence-electron chi connectivity index (χ1n) is 19.0. The largest absolute Gasteiger partial charge is 0.481 e. The summed E-state index contributed by atoms with van der Waals surface area (Å²) < 4.78 is 41.6. The van der Waals surface area contributed by atoms with Gasteiger partial charge in [0.15, 0.2) is 17.4 Å². The summed E-state index contributed by atoms with van der Waals surface area (Å²) in [6.45, 7) is 9.61. The molecule has 0 spiro atoms. The number of ether oxygens (including phenoxy) is 1. The summed E-state index contributed by atoms with van der Waals surface area (Å²) in [5, 5.41) is 21.7. The van der Waals surface area contributed by atoms with Gasteiger partial charge in [0.05, 0.1) is 6.04 Å². The number of fused-ring (bicyclic) bond motifs is 1. The van der Waals surface area contributed by atoms with Crippen molar-refractivity contribution >= 4 is 40.6 Å². The topological polar surface area (TPSA) is 155 Å². The maximum atomic E-state index is 14.4. The van der Waals surface area contributed by atoms with Crippen molar-refractivity contribution < 1.29 is 32.7 Å². The van der Waals surface area contributed by atoms with Gasteiger partial charge in [0.1, 0.15) is 5.92 Å². The number of H-pyrrole nitrogens is 1. The molecule has 3 N–H and O–H groups in total. The molecule has 1 aromatic carbocycles. The third-order valence-corrected chi connectivity index (χ3v) is 10.5. The van der Waals surface area contributed by atoms with E-state index >= 15 is 0 Å². The summed E-state index contributed by atoms with van der Waals surface area (Å²) in [6, 6.07) is 8.94. The monoisotopic (exact) mass is 760 g/mol. The highest BCUT2D eigenvalue weighted by molar-refractivity contribution is 5.96. The summed E-state index contributed by atoms with van der Waals surface area (Å²) in [4.78, 5) is 33.4. The van der Waals surface area contributed by atoms with Crippen LogP contribution >= 0.6 is 0 Å². The Kier molecular flexibility index (Phi) is 12.8. The van der Waals surface area contributed by atoms with Crippen LogP contribution in [0.5, 0.6) is 0 Å². The number of pyridine rings is 1. The molecular formula is C40H50F2N8O5. The highest BCUT2D eigenvalue weighted by Gasteiger charge is 2.30. The Morgan fingerprint density at radius 3 is 2.58 bits per heavy atom. The second-order valence-electron chi connectivity index (χ2n) is 14.3. The summed E-state index contributed by atoms with van der Waals surface area (Å²) in [7, 11) is 1.86. The van der Waals surface area contributed by atoms with Crippen molar-refractivity contribution in [2.45, 2.75) is 77.7 Å². The van der Waals surface area contributed by atoms with Gasteiger partial charge in [-0.25, -0.2) is 8.78 Å². The number of halogens is 2. The minimum Gasteiger partial charge on any atom is -0.481 e. The Labute approximate surface area is 319 Å². The van der Waals surface area contributed by atoms with E-state index in [4.69, 9.17) is 14.4 Å². The maximum absolute atomic E-state index is 14.4. The van der Waals surface area contributed by atoms with Gasteiger partial charge in [-0.05, 0) is 61.8 Å². The molecule has 7 rings (SSSR count). The first-order valence-corrected chi connectivity index (χ1v) is 19.0. The number of aromatic amines is 1. The van der Waals surface area contributed by atoms with Crippen molar-refractivity contribution in [3.05, 3.63) is 71.5 Å². The van der Waals surface area contributed by atoms with E-state index in [0.717, 1.165) is 79.0 Å². The van der Waals surface area contributed by atoms with Gasteiger partial charge in [-0.1, -0.05) is 32.0 Å². The lowest BCUT2D eigenvalue weighted by molar-refractivity contribution is -0.140. The fourth-order valence-electron chi connectivity index (χ4n) is 7.62. The summed E-state index contributed by atoms with van der Waals surface area (Å²) in [5.74, 6) is 0.484. The molecule has 0 radical (unpaired) electrons. The molecule has 15 heteroatoms. The first-order chi connectivity index (χ1) is 26.6. The van der Waals surface area contributed by atoms with Crippen molar-refractivity contribution in [3.8, 4) is 11.1 Å². The van der Waals surface area contributed by atoms with Crippen LogP contribution in [-0.2, 0) is 27.2 Å². The molecule has 5 aromatic rings. The van der Waals surface area contributed by atoms with Crippen molar-refractivity contribution in [1.82, 2.24) is 30.2 Å². The second-order valence-corrected chi connectivity index (χ2v) is 14.3. The van der Waals surface area contributed by atoms with Gasteiger partial charge in [-0.15, -0.1) is 0 Å². The van der Waals surface area contributed by atoms with Gasteiger partial charge >= 0.3 is 5.97 Å². The van der Waals surface area contributed by atoms with Crippen LogP contribution in [0.25, 0.3) is 22.0 Å². The molecule has 1 amide bonds. The maximum Gasteiger partial charge on any atom is 0.314 e. The lowest BCUT2D eigenvalue weighted by atomic mass is 9.93.